The van der Waals surface area contributed by atoms with Crippen molar-refractivity contribution in [3.8, 4) is 0 Å². The van der Waals surface area contributed by atoms with Gasteiger partial charge in [0.1, 0.15) is 5.82 Å². The number of aryl methyl sites for hydroxylation is 2. The Kier molecular flexibility index (Phi) is 3.68. The van der Waals surface area contributed by atoms with Crippen LogP contribution >= 0.6 is 22.9 Å². The third-order valence-electron chi connectivity index (χ3n) is 2.57. The molecule has 0 bridgehead atoms. The fourth-order valence-electron chi connectivity index (χ4n) is 1.46. The Labute approximate surface area is 113 Å². The van der Waals surface area contributed by atoms with E-state index in [0.717, 1.165) is 10.4 Å². The van der Waals surface area contributed by atoms with Gasteiger partial charge in [0.2, 0.25) is 0 Å². The highest BCUT2D eigenvalue weighted by Crippen LogP contribution is 2.24. The molecule has 0 atom stereocenters. The molecule has 0 saturated carbocycles. The van der Waals surface area contributed by atoms with Crippen LogP contribution in [0.4, 0.5) is 10.1 Å². The van der Waals surface area contributed by atoms with E-state index >= 15 is 0 Å². The molecule has 1 amide bonds. The summed E-state index contributed by atoms with van der Waals surface area (Å²) < 4.78 is 13.5. The summed E-state index contributed by atoms with van der Waals surface area (Å²) in [6.07, 6.45) is 0. The van der Waals surface area contributed by atoms with E-state index in [1.54, 1.807) is 6.07 Å². The van der Waals surface area contributed by atoms with E-state index in [2.05, 4.69) is 5.32 Å². The number of amides is 1. The lowest BCUT2D eigenvalue weighted by atomic mass is 10.2. The van der Waals surface area contributed by atoms with E-state index in [4.69, 9.17) is 11.6 Å². The van der Waals surface area contributed by atoms with Crippen molar-refractivity contribution < 1.29 is 9.18 Å². The minimum Gasteiger partial charge on any atom is -0.319 e. The SMILES string of the molecule is Cc1cc(C(=O)Nc2cc(Cl)ccc2F)sc1C. The zero-order valence-corrected chi connectivity index (χ0v) is 11.5. The molecule has 2 nitrogen and oxygen atoms in total. The first-order chi connectivity index (χ1) is 8.47. The van der Waals surface area contributed by atoms with Gasteiger partial charge in [0.15, 0.2) is 0 Å². The molecule has 0 aliphatic heterocycles. The molecule has 0 spiro atoms. The third kappa shape index (κ3) is 2.71. The topological polar surface area (TPSA) is 29.1 Å². The standard InChI is InChI=1S/C13H11ClFNOS/c1-7-5-12(18-8(7)2)13(17)16-11-6-9(14)3-4-10(11)15/h3-6H,1-2H3,(H,16,17). The van der Waals surface area contributed by atoms with Crippen molar-refractivity contribution in [2.45, 2.75) is 13.8 Å². The van der Waals surface area contributed by atoms with Crippen LogP contribution in [0, 0.1) is 19.7 Å². The van der Waals surface area contributed by atoms with E-state index in [1.165, 1.54) is 29.5 Å². The van der Waals surface area contributed by atoms with Crippen molar-refractivity contribution in [3.05, 3.63) is 50.4 Å². The molecule has 0 radical (unpaired) electrons. The van der Waals surface area contributed by atoms with Crippen LogP contribution in [0.2, 0.25) is 5.02 Å². The molecule has 1 aromatic heterocycles. The summed E-state index contributed by atoms with van der Waals surface area (Å²) in [5.41, 5.74) is 1.15. The van der Waals surface area contributed by atoms with Gasteiger partial charge in [0.25, 0.3) is 5.91 Å². The average Bonchev–Trinajstić information content (AvgIpc) is 2.64. The van der Waals surface area contributed by atoms with Gasteiger partial charge in [0, 0.05) is 9.90 Å². The summed E-state index contributed by atoms with van der Waals surface area (Å²) in [5, 5.41) is 2.90. The van der Waals surface area contributed by atoms with Crippen LogP contribution in [-0.4, -0.2) is 5.91 Å². The minimum absolute atomic E-state index is 0.0937. The zero-order chi connectivity index (χ0) is 13.3. The Balaban J connectivity index is 2.23. The second-order valence-electron chi connectivity index (χ2n) is 3.93. The molecular weight excluding hydrogens is 273 g/mol. The van der Waals surface area contributed by atoms with Crippen LogP contribution < -0.4 is 5.32 Å². The van der Waals surface area contributed by atoms with E-state index in [9.17, 15) is 9.18 Å². The number of nitrogens with one attached hydrogen (secondary N) is 1. The van der Waals surface area contributed by atoms with Crippen molar-refractivity contribution in [1.29, 1.82) is 0 Å². The number of rotatable bonds is 2. The van der Waals surface area contributed by atoms with E-state index < -0.39 is 5.82 Å². The van der Waals surface area contributed by atoms with Crippen molar-refractivity contribution in [2.24, 2.45) is 0 Å². The van der Waals surface area contributed by atoms with Gasteiger partial charge in [-0.15, -0.1) is 11.3 Å². The Morgan fingerprint density at radius 1 is 1.33 bits per heavy atom. The molecule has 0 aliphatic rings. The van der Waals surface area contributed by atoms with Crippen molar-refractivity contribution in [1.82, 2.24) is 0 Å². The molecule has 1 aromatic carbocycles. The molecule has 1 heterocycles. The summed E-state index contributed by atoms with van der Waals surface area (Å²) in [6, 6.07) is 5.84. The van der Waals surface area contributed by atoms with Gasteiger partial charge in [0.05, 0.1) is 10.6 Å². The number of carbonyl (C=O) groups is 1. The van der Waals surface area contributed by atoms with Crippen LogP contribution in [0.15, 0.2) is 24.3 Å². The van der Waals surface area contributed by atoms with Gasteiger partial charge in [-0.25, -0.2) is 4.39 Å². The first-order valence-corrected chi connectivity index (χ1v) is 6.50. The minimum atomic E-state index is -0.502. The molecule has 0 unspecified atom stereocenters. The highest BCUT2D eigenvalue weighted by atomic mass is 35.5. The van der Waals surface area contributed by atoms with Gasteiger partial charge in [-0.3, -0.25) is 4.79 Å². The number of anilines is 1. The van der Waals surface area contributed by atoms with Gasteiger partial charge < -0.3 is 5.32 Å². The number of hydrogen-bond acceptors (Lipinski definition) is 2. The first-order valence-electron chi connectivity index (χ1n) is 5.31. The quantitative estimate of drug-likeness (QED) is 0.869. The third-order valence-corrected chi connectivity index (χ3v) is 3.95. The summed E-state index contributed by atoms with van der Waals surface area (Å²) in [6.45, 7) is 3.87. The average molecular weight is 284 g/mol. The van der Waals surface area contributed by atoms with Crippen LogP contribution in [0.25, 0.3) is 0 Å². The summed E-state index contributed by atoms with van der Waals surface area (Å²) in [7, 11) is 0. The van der Waals surface area contributed by atoms with Crippen molar-refractivity contribution in [2.75, 3.05) is 5.32 Å². The summed E-state index contributed by atoms with van der Waals surface area (Å²) >= 11 is 7.14. The van der Waals surface area contributed by atoms with Gasteiger partial charge in [-0.2, -0.15) is 0 Å². The second kappa shape index (κ2) is 5.08. The lowest BCUT2D eigenvalue weighted by molar-refractivity contribution is 0.103. The van der Waals surface area contributed by atoms with Gasteiger partial charge in [-0.1, -0.05) is 11.6 Å². The molecule has 94 valence electrons. The molecule has 0 aliphatic carbocycles. The number of thiophene rings is 1. The maximum Gasteiger partial charge on any atom is 0.265 e. The summed E-state index contributed by atoms with van der Waals surface area (Å²) in [4.78, 5) is 13.6. The Hall–Kier alpha value is -1.39. The highest BCUT2D eigenvalue weighted by molar-refractivity contribution is 7.14. The van der Waals surface area contributed by atoms with Crippen LogP contribution in [0.1, 0.15) is 20.1 Å². The molecule has 0 fully saturated rings. The number of benzene rings is 1. The number of halogens is 2. The predicted molar refractivity (Wildman–Crippen MR) is 73.2 cm³/mol. The summed E-state index contributed by atoms with van der Waals surface area (Å²) in [5.74, 6) is -0.824. The zero-order valence-electron chi connectivity index (χ0n) is 9.88. The Morgan fingerprint density at radius 3 is 2.67 bits per heavy atom. The first kappa shape index (κ1) is 13.1. The maximum absolute atomic E-state index is 13.5. The Bertz CT molecular complexity index is 590. The smallest absolute Gasteiger partial charge is 0.265 e. The monoisotopic (exact) mass is 283 g/mol. The molecule has 5 heteroatoms. The second-order valence-corrected chi connectivity index (χ2v) is 5.62. The molecule has 18 heavy (non-hydrogen) atoms. The van der Waals surface area contributed by atoms with E-state index in [-0.39, 0.29) is 11.6 Å². The molecule has 0 saturated heterocycles. The molecular formula is C13H11ClFNOS. The largest absolute Gasteiger partial charge is 0.319 e. The molecule has 2 rings (SSSR count). The van der Waals surface area contributed by atoms with E-state index in [1.807, 2.05) is 13.8 Å². The molecule has 2 aromatic rings. The fraction of sp³-hybridized carbons (Fsp3) is 0.154. The van der Waals surface area contributed by atoms with Crippen LogP contribution in [-0.2, 0) is 0 Å². The van der Waals surface area contributed by atoms with E-state index in [0.29, 0.717) is 9.90 Å². The van der Waals surface area contributed by atoms with Crippen LogP contribution in [0.3, 0.4) is 0 Å². The molecule has 1 N–H and O–H groups in total. The predicted octanol–water partition coefficient (Wildman–Crippen LogP) is 4.41. The van der Waals surface area contributed by atoms with Crippen LogP contribution in [0.5, 0.6) is 0 Å². The lowest BCUT2D eigenvalue weighted by Crippen LogP contribution is -2.11. The Morgan fingerprint density at radius 2 is 2.06 bits per heavy atom. The van der Waals surface area contributed by atoms with Crippen molar-refractivity contribution >= 4 is 34.5 Å². The lowest BCUT2D eigenvalue weighted by Gasteiger charge is -2.05. The fourth-order valence-corrected chi connectivity index (χ4v) is 2.56. The highest BCUT2D eigenvalue weighted by Gasteiger charge is 2.13. The van der Waals surface area contributed by atoms with Gasteiger partial charge in [-0.05, 0) is 43.7 Å². The maximum atomic E-state index is 13.5. The number of hydrogen-bond donors (Lipinski definition) is 1. The normalized spacial score (nSPS) is 10.4. The van der Waals surface area contributed by atoms with Gasteiger partial charge >= 0.3 is 0 Å². The van der Waals surface area contributed by atoms with Crippen molar-refractivity contribution in [3.63, 3.8) is 0 Å². The number of carbonyl (C=O) groups excluding carboxylic acids is 1.